The molecular formula is C13H21NO. The summed E-state index contributed by atoms with van der Waals surface area (Å²) in [7, 11) is 0. The van der Waals surface area contributed by atoms with Gasteiger partial charge in [-0.3, -0.25) is 4.79 Å². The third-order valence-corrected chi connectivity index (χ3v) is 3.01. The van der Waals surface area contributed by atoms with Crippen molar-refractivity contribution in [1.82, 2.24) is 4.90 Å². The molecule has 0 aliphatic carbocycles. The summed E-state index contributed by atoms with van der Waals surface area (Å²) in [5, 5.41) is 0. The highest BCUT2D eigenvalue weighted by Gasteiger charge is 2.26. The molecule has 0 aromatic heterocycles. The Hall–Kier alpha value is -0.970. The summed E-state index contributed by atoms with van der Waals surface area (Å²) >= 11 is 0. The number of amides is 1. The molecule has 2 heteroatoms. The monoisotopic (exact) mass is 207 g/mol. The summed E-state index contributed by atoms with van der Waals surface area (Å²) in [5.74, 6) is 5.36. The van der Waals surface area contributed by atoms with Crippen LogP contribution in [0.5, 0.6) is 0 Å². The van der Waals surface area contributed by atoms with E-state index < -0.39 is 0 Å². The lowest BCUT2D eigenvalue weighted by atomic mass is 10.1. The molecule has 0 spiro atoms. The van der Waals surface area contributed by atoms with Crippen LogP contribution in [0.25, 0.3) is 0 Å². The number of carbonyl (C=O) groups excluding carboxylic acids is 1. The molecule has 0 unspecified atom stereocenters. The van der Waals surface area contributed by atoms with Gasteiger partial charge in [0.1, 0.15) is 0 Å². The van der Waals surface area contributed by atoms with Gasteiger partial charge in [0.05, 0.1) is 0 Å². The Balaban J connectivity index is 2.41. The zero-order chi connectivity index (χ0) is 11.1. The van der Waals surface area contributed by atoms with Gasteiger partial charge in [0.25, 0.3) is 5.91 Å². The minimum absolute atomic E-state index is 0.0245. The van der Waals surface area contributed by atoms with E-state index in [0.29, 0.717) is 6.04 Å². The van der Waals surface area contributed by atoms with Crippen LogP contribution < -0.4 is 0 Å². The van der Waals surface area contributed by atoms with Gasteiger partial charge in [-0.2, -0.15) is 0 Å². The Labute approximate surface area is 93.0 Å². The van der Waals surface area contributed by atoms with E-state index in [4.69, 9.17) is 0 Å². The average molecular weight is 207 g/mol. The van der Waals surface area contributed by atoms with Gasteiger partial charge < -0.3 is 4.90 Å². The normalized spacial score (nSPS) is 19.9. The molecule has 1 heterocycles. The van der Waals surface area contributed by atoms with Gasteiger partial charge in [-0.05, 0) is 32.1 Å². The summed E-state index contributed by atoms with van der Waals surface area (Å²) < 4.78 is 0. The standard InChI is InChI=1S/C13H21NO/c1-3-5-6-9-12-10-7-11-14(12)13(15)8-4-2/h12H,3,5-7,9-11H2,1-2H3/t12-/m0/s1. The maximum Gasteiger partial charge on any atom is 0.298 e. The quantitative estimate of drug-likeness (QED) is 0.512. The fourth-order valence-corrected chi connectivity index (χ4v) is 2.21. The van der Waals surface area contributed by atoms with Gasteiger partial charge in [-0.1, -0.05) is 32.1 Å². The van der Waals surface area contributed by atoms with Crippen LogP contribution in [0.4, 0.5) is 0 Å². The molecular weight excluding hydrogens is 186 g/mol. The number of rotatable bonds is 4. The molecule has 0 aromatic carbocycles. The molecule has 0 aromatic rings. The summed E-state index contributed by atoms with van der Waals surface area (Å²) in [6, 6.07) is 0.463. The Morgan fingerprint density at radius 2 is 2.27 bits per heavy atom. The molecule has 2 nitrogen and oxygen atoms in total. The fourth-order valence-electron chi connectivity index (χ4n) is 2.21. The van der Waals surface area contributed by atoms with E-state index in [-0.39, 0.29) is 5.91 Å². The topological polar surface area (TPSA) is 20.3 Å². The fraction of sp³-hybridized carbons (Fsp3) is 0.769. The summed E-state index contributed by atoms with van der Waals surface area (Å²) in [4.78, 5) is 13.6. The first-order chi connectivity index (χ1) is 7.29. The van der Waals surface area contributed by atoms with Gasteiger partial charge in [-0.15, -0.1) is 0 Å². The number of hydrogen-bond acceptors (Lipinski definition) is 1. The van der Waals surface area contributed by atoms with Crippen LogP contribution >= 0.6 is 0 Å². The van der Waals surface area contributed by atoms with E-state index in [0.717, 1.165) is 19.4 Å². The van der Waals surface area contributed by atoms with Crippen molar-refractivity contribution in [3.63, 3.8) is 0 Å². The smallest absolute Gasteiger partial charge is 0.298 e. The van der Waals surface area contributed by atoms with Crippen molar-refractivity contribution in [2.75, 3.05) is 6.54 Å². The number of unbranched alkanes of at least 4 members (excludes halogenated alkanes) is 2. The molecule has 1 rings (SSSR count). The van der Waals surface area contributed by atoms with Crippen LogP contribution in [0.3, 0.4) is 0 Å². The third kappa shape index (κ3) is 3.58. The Bertz CT molecular complexity index is 261. The van der Waals surface area contributed by atoms with E-state index >= 15 is 0 Å². The predicted molar refractivity (Wildman–Crippen MR) is 62.3 cm³/mol. The summed E-state index contributed by atoms with van der Waals surface area (Å²) in [6.07, 6.45) is 7.23. The van der Waals surface area contributed by atoms with Gasteiger partial charge in [0.15, 0.2) is 0 Å². The number of hydrogen-bond donors (Lipinski definition) is 0. The van der Waals surface area contributed by atoms with Gasteiger partial charge in [0.2, 0.25) is 0 Å². The van der Waals surface area contributed by atoms with Crippen molar-refractivity contribution in [2.45, 2.75) is 58.4 Å². The molecule has 0 saturated carbocycles. The predicted octanol–water partition coefficient (Wildman–Crippen LogP) is 2.58. The van der Waals surface area contributed by atoms with E-state index in [1.54, 1.807) is 6.92 Å². The van der Waals surface area contributed by atoms with E-state index in [2.05, 4.69) is 18.8 Å². The van der Waals surface area contributed by atoms with Crippen molar-refractivity contribution in [1.29, 1.82) is 0 Å². The van der Waals surface area contributed by atoms with Crippen molar-refractivity contribution < 1.29 is 4.79 Å². The van der Waals surface area contributed by atoms with E-state index in [1.165, 1.54) is 25.7 Å². The first kappa shape index (κ1) is 12.1. The lowest BCUT2D eigenvalue weighted by molar-refractivity contribution is -0.126. The van der Waals surface area contributed by atoms with Crippen LogP contribution in [0.15, 0.2) is 0 Å². The first-order valence-corrected chi connectivity index (χ1v) is 6.03. The second-order valence-corrected chi connectivity index (χ2v) is 4.17. The molecule has 1 fully saturated rings. The highest BCUT2D eigenvalue weighted by atomic mass is 16.2. The van der Waals surface area contributed by atoms with E-state index in [9.17, 15) is 4.79 Å². The third-order valence-electron chi connectivity index (χ3n) is 3.01. The molecule has 0 radical (unpaired) electrons. The van der Waals surface area contributed by atoms with E-state index in [1.807, 2.05) is 4.90 Å². The number of likely N-dealkylation sites (tertiary alicyclic amines) is 1. The second-order valence-electron chi connectivity index (χ2n) is 4.17. The van der Waals surface area contributed by atoms with Crippen LogP contribution in [-0.2, 0) is 4.79 Å². The zero-order valence-electron chi connectivity index (χ0n) is 9.88. The summed E-state index contributed by atoms with van der Waals surface area (Å²) in [5.41, 5.74) is 0. The van der Waals surface area contributed by atoms with Crippen LogP contribution in [-0.4, -0.2) is 23.4 Å². The van der Waals surface area contributed by atoms with Gasteiger partial charge in [-0.25, -0.2) is 0 Å². The molecule has 1 aliphatic heterocycles. The van der Waals surface area contributed by atoms with Crippen molar-refractivity contribution in [3.8, 4) is 11.8 Å². The second kappa shape index (κ2) is 6.50. The average Bonchev–Trinajstić information content (AvgIpc) is 2.67. The minimum atomic E-state index is 0.0245. The van der Waals surface area contributed by atoms with Crippen LogP contribution in [0.1, 0.15) is 52.4 Å². The van der Waals surface area contributed by atoms with Crippen molar-refractivity contribution in [3.05, 3.63) is 0 Å². The highest BCUT2D eigenvalue weighted by molar-refractivity contribution is 5.93. The molecule has 84 valence electrons. The molecule has 1 atom stereocenters. The lowest BCUT2D eigenvalue weighted by Crippen LogP contribution is -2.34. The molecule has 0 N–H and O–H groups in total. The molecule has 1 amide bonds. The maximum atomic E-state index is 11.6. The van der Waals surface area contributed by atoms with Crippen molar-refractivity contribution in [2.24, 2.45) is 0 Å². The molecule has 15 heavy (non-hydrogen) atoms. The number of carbonyl (C=O) groups is 1. The summed E-state index contributed by atoms with van der Waals surface area (Å²) in [6.45, 7) is 4.84. The Kier molecular flexibility index (Phi) is 5.25. The van der Waals surface area contributed by atoms with Crippen LogP contribution in [0, 0.1) is 11.8 Å². The van der Waals surface area contributed by atoms with Gasteiger partial charge in [0, 0.05) is 12.6 Å². The van der Waals surface area contributed by atoms with Crippen molar-refractivity contribution >= 4 is 5.91 Å². The maximum absolute atomic E-state index is 11.6. The van der Waals surface area contributed by atoms with Gasteiger partial charge >= 0.3 is 0 Å². The highest BCUT2D eigenvalue weighted by Crippen LogP contribution is 2.22. The first-order valence-electron chi connectivity index (χ1n) is 6.03. The minimum Gasteiger partial charge on any atom is -0.329 e. The zero-order valence-corrected chi connectivity index (χ0v) is 9.88. The number of nitrogens with zero attached hydrogens (tertiary/aromatic N) is 1. The SMILES string of the molecule is CC#CC(=O)N1CCC[C@@H]1CCCCC. The lowest BCUT2D eigenvalue weighted by Gasteiger charge is -2.22. The Morgan fingerprint density at radius 3 is 2.93 bits per heavy atom. The molecule has 1 saturated heterocycles. The largest absolute Gasteiger partial charge is 0.329 e. The molecule has 1 aliphatic rings. The van der Waals surface area contributed by atoms with Crippen LogP contribution in [0.2, 0.25) is 0 Å². The Morgan fingerprint density at radius 1 is 1.47 bits per heavy atom. The molecule has 0 bridgehead atoms.